The van der Waals surface area contributed by atoms with Crippen molar-refractivity contribution in [3.05, 3.63) is 12.2 Å². The summed E-state index contributed by atoms with van der Waals surface area (Å²) in [5, 5.41) is 12.0. The monoisotopic (exact) mass is 153 g/mol. The standard InChI is InChI=1S/C8H11NO2/c10-8(11)6-3-5-1-2-7(6)9-4-5/h1-2,5-7,9H,3-4H2,(H,10,11)/t5-,6+,7+/m1/s1. The summed E-state index contributed by atoms with van der Waals surface area (Å²) >= 11 is 0. The van der Waals surface area contributed by atoms with Crippen molar-refractivity contribution in [2.24, 2.45) is 11.8 Å². The predicted octanol–water partition coefficient (Wildman–Crippen LogP) is 0.235. The zero-order chi connectivity index (χ0) is 7.84. The second-order valence-electron chi connectivity index (χ2n) is 3.26. The number of nitrogens with one attached hydrogen (secondary N) is 1. The first-order valence-electron chi connectivity index (χ1n) is 3.92. The van der Waals surface area contributed by atoms with Crippen LogP contribution in [-0.2, 0) is 4.79 Å². The summed E-state index contributed by atoms with van der Waals surface area (Å²) in [7, 11) is 0. The van der Waals surface area contributed by atoms with Crippen molar-refractivity contribution in [3.8, 4) is 0 Å². The average Bonchev–Trinajstić information content (AvgIpc) is 2.06. The number of hydrogen-bond donors (Lipinski definition) is 2. The van der Waals surface area contributed by atoms with E-state index in [1.165, 1.54) is 0 Å². The number of piperidine rings is 1. The van der Waals surface area contributed by atoms with Gasteiger partial charge in [0.1, 0.15) is 0 Å². The van der Waals surface area contributed by atoms with E-state index in [9.17, 15) is 4.79 Å². The molecule has 3 atom stereocenters. The van der Waals surface area contributed by atoms with Crippen molar-refractivity contribution in [1.82, 2.24) is 5.32 Å². The van der Waals surface area contributed by atoms with Crippen LogP contribution in [0.1, 0.15) is 6.42 Å². The number of fused-ring (bicyclic) bond motifs is 2. The lowest BCUT2D eigenvalue weighted by Crippen LogP contribution is -2.49. The predicted molar refractivity (Wildman–Crippen MR) is 40.2 cm³/mol. The van der Waals surface area contributed by atoms with Gasteiger partial charge < -0.3 is 10.4 Å². The number of carbonyl (C=O) groups is 1. The van der Waals surface area contributed by atoms with Crippen LogP contribution in [0.2, 0.25) is 0 Å². The van der Waals surface area contributed by atoms with Crippen LogP contribution in [0.3, 0.4) is 0 Å². The van der Waals surface area contributed by atoms with E-state index < -0.39 is 5.97 Å². The molecule has 0 aromatic rings. The van der Waals surface area contributed by atoms with Gasteiger partial charge >= 0.3 is 5.97 Å². The van der Waals surface area contributed by atoms with Crippen molar-refractivity contribution in [2.45, 2.75) is 12.5 Å². The van der Waals surface area contributed by atoms with Crippen LogP contribution in [0.15, 0.2) is 12.2 Å². The van der Waals surface area contributed by atoms with E-state index >= 15 is 0 Å². The number of rotatable bonds is 1. The Kier molecular flexibility index (Phi) is 1.46. The topological polar surface area (TPSA) is 49.3 Å². The molecule has 1 saturated heterocycles. The molecular formula is C8H11NO2. The molecule has 60 valence electrons. The van der Waals surface area contributed by atoms with Crippen LogP contribution in [0.4, 0.5) is 0 Å². The van der Waals surface area contributed by atoms with Crippen molar-refractivity contribution in [3.63, 3.8) is 0 Å². The Morgan fingerprint density at radius 1 is 1.55 bits per heavy atom. The lowest BCUT2D eigenvalue weighted by molar-refractivity contribution is -0.143. The van der Waals surface area contributed by atoms with Gasteiger partial charge in [0.15, 0.2) is 0 Å². The van der Waals surface area contributed by atoms with E-state index in [0.29, 0.717) is 5.92 Å². The maximum absolute atomic E-state index is 10.7. The Hall–Kier alpha value is -0.830. The van der Waals surface area contributed by atoms with Crippen LogP contribution in [0.25, 0.3) is 0 Å². The first-order chi connectivity index (χ1) is 5.27. The molecule has 11 heavy (non-hydrogen) atoms. The normalized spacial score (nSPS) is 40.9. The molecule has 3 heteroatoms. The molecule has 1 fully saturated rings. The summed E-state index contributed by atoms with van der Waals surface area (Å²) in [5.41, 5.74) is 0. The fourth-order valence-corrected chi connectivity index (χ4v) is 1.87. The van der Waals surface area contributed by atoms with E-state index in [4.69, 9.17) is 5.11 Å². The Bertz CT molecular complexity index is 212. The number of carboxylic acids is 1. The molecule has 3 rings (SSSR count). The first-order valence-corrected chi connectivity index (χ1v) is 3.92. The largest absolute Gasteiger partial charge is 0.481 e. The summed E-state index contributed by atoms with van der Waals surface area (Å²) in [5.74, 6) is -0.420. The quantitative estimate of drug-likeness (QED) is 0.530. The summed E-state index contributed by atoms with van der Waals surface area (Å²) in [6.45, 7) is 0.949. The molecule has 0 spiro atoms. The van der Waals surface area contributed by atoms with Crippen LogP contribution < -0.4 is 5.32 Å². The molecule has 2 heterocycles. The molecule has 0 radical (unpaired) electrons. The molecule has 0 saturated carbocycles. The minimum absolute atomic E-state index is 0.0810. The van der Waals surface area contributed by atoms with Gasteiger partial charge in [-0.25, -0.2) is 0 Å². The van der Waals surface area contributed by atoms with E-state index in [0.717, 1.165) is 13.0 Å². The van der Waals surface area contributed by atoms with Crippen molar-refractivity contribution in [2.75, 3.05) is 6.54 Å². The minimum Gasteiger partial charge on any atom is -0.481 e. The van der Waals surface area contributed by atoms with Crippen LogP contribution >= 0.6 is 0 Å². The number of hydrogen-bond acceptors (Lipinski definition) is 2. The summed E-state index contributed by atoms with van der Waals surface area (Å²) in [4.78, 5) is 10.7. The molecule has 0 unspecified atom stereocenters. The Balaban J connectivity index is 2.17. The third-order valence-corrected chi connectivity index (χ3v) is 2.51. The first kappa shape index (κ1) is 6.85. The molecule has 0 aromatic carbocycles. The molecule has 2 N–H and O–H groups in total. The maximum atomic E-state index is 10.7. The van der Waals surface area contributed by atoms with Gasteiger partial charge in [-0.15, -0.1) is 0 Å². The number of carboxylic acid groups (broad SMARTS) is 1. The van der Waals surface area contributed by atoms with Crippen LogP contribution in [0.5, 0.6) is 0 Å². The number of aliphatic carboxylic acids is 1. The smallest absolute Gasteiger partial charge is 0.308 e. The molecule has 2 bridgehead atoms. The average molecular weight is 153 g/mol. The molecular weight excluding hydrogens is 142 g/mol. The fraction of sp³-hybridized carbons (Fsp3) is 0.625. The van der Waals surface area contributed by atoms with E-state index in [-0.39, 0.29) is 12.0 Å². The van der Waals surface area contributed by atoms with E-state index in [2.05, 4.69) is 11.4 Å². The fourth-order valence-electron chi connectivity index (χ4n) is 1.87. The van der Waals surface area contributed by atoms with Gasteiger partial charge in [-0.2, -0.15) is 0 Å². The van der Waals surface area contributed by atoms with E-state index in [1.807, 2.05) is 6.08 Å². The molecule has 3 aliphatic rings. The highest BCUT2D eigenvalue weighted by Gasteiger charge is 2.35. The van der Waals surface area contributed by atoms with Gasteiger partial charge in [-0.3, -0.25) is 4.79 Å². The van der Waals surface area contributed by atoms with Gasteiger partial charge in [0, 0.05) is 12.6 Å². The van der Waals surface area contributed by atoms with Crippen molar-refractivity contribution >= 4 is 5.97 Å². The van der Waals surface area contributed by atoms with Crippen LogP contribution in [-0.4, -0.2) is 23.7 Å². The summed E-state index contributed by atoms with van der Waals surface area (Å²) < 4.78 is 0. The third-order valence-electron chi connectivity index (χ3n) is 2.51. The van der Waals surface area contributed by atoms with Gasteiger partial charge in [0.05, 0.1) is 5.92 Å². The summed E-state index contributed by atoms with van der Waals surface area (Å²) in [6, 6.07) is 0.0810. The Labute approximate surface area is 65.1 Å². The van der Waals surface area contributed by atoms with Crippen molar-refractivity contribution in [1.29, 1.82) is 0 Å². The highest BCUT2D eigenvalue weighted by Crippen LogP contribution is 2.28. The maximum Gasteiger partial charge on any atom is 0.308 e. The molecule has 3 nitrogen and oxygen atoms in total. The lowest BCUT2D eigenvalue weighted by Gasteiger charge is -2.36. The highest BCUT2D eigenvalue weighted by atomic mass is 16.4. The highest BCUT2D eigenvalue weighted by molar-refractivity contribution is 5.72. The second-order valence-corrected chi connectivity index (χ2v) is 3.26. The zero-order valence-electron chi connectivity index (χ0n) is 6.16. The SMILES string of the molecule is O=C(O)[C@H]1C[C@H]2C=C[C@@H]1NC2. The minimum atomic E-state index is -0.670. The third kappa shape index (κ3) is 1.05. The lowest BCUT2D eigenvalue weighted by atomic mass is 9.79. The van der Waals surface area contributed by atoms with Gasteiger partial charge in [0.2, 0.25) is 0 Å². The molecule has 2 aliphatic heterocycles. The molecule has 1 aliphatic carbocycles. The van der Waals surface area contributed by atoms with Gasteiger partial charge in [-0.1, -0.05) is 12.2 Å². The Morgan fingerprint density at radius 3 is 2.64 bits per heavy atom. The van der Waals surface area contributed by atoms with Gasteiger partial charge in [0.25, 0.3) is 0 Å². The molecule has 0 aromatic heterocycles. The zero-order valence-corrected chi connectivity index (χ0v) is 6.16. The van der Waals surface area contributed by atoms with Crippen molar-refractivity contribution < 1.29 is 9.90 Å². The molecule has 0 amide bonds. The summed E-state index contributed by atoms with van der Waals surface area (Å²) in [6.07, 6.45) is 4.92. The van der Waals surface area contributed by atoms with Gasteiger partial charge in [-0.05, 0) is 12.3 Å². The second kappa shape index (κ2) is 2.34. The Morgan fingerprint density at radius 2 is 2.36 bits per heavy atom. The van der Waals surface area contributed by atoms with Crippen LogP contribution in [0, 0.1) is 11.8 Å². The van der Waals surface area contributed by atoms with E-state index in [1.54, 1.807) is 0 Å².